The molecule has 4 aromatic rings. The van der Waals surface area contributed by atoms with Gasteiger partial charge in [-0.1, -0.05) is 249 Å². The first kappa shape index (κ1) is 103. The van der Waals surface area contributed by atoms with Crippen LogP contribution in [0.1, 0.15) is 294 Å². The number of amidine groups is 1. The Balaban J connectivity index is -0.000000119. The van der Waals surface area contributed by atoms with Crippen LogP contribution in [0.5, 0.6) is 0 Å². The van der Waals surface area contributed by atoms with Crippen LogP contribution in [0.15, 0.2) is 125 Å². The Hall–Kier alpha value is -7.04. The quantitative estimate of drug-likeness (QED) is 0.146. The maximum absolute atomic E-state index is 4.38. The second-order valence-corrected chi connectivity index (χ2v) is 19.8. The van der Waals surface area contributed by atoms with Gasteiger partial charge in [0, 0.05) is 98.3 Å². The van der Waals surface area contributed by atoms with Crippen LogP contribution < -0.4 is 0 Å². The van der Waals surface area contributed by atoms with Gasteiger partial charge >= 0.3 is 0 Å². The Morgan fingerprint density at radius 3 is 1.29 bits per heavy atom. The van der Waals surface area contributed by atoms with Crippen molar-refractivity contribution in [2.45, 2.75) is 272 Å². The van der Waals surface area contributed by atoms with Gasteiger partial charge in [-0.15, -0.1) is 0 Å². The minimum Gasteiger partial charge on any atom is -0.337 e. The normalized spacial score (nSPS) is 11.7. The van der Waals surface area contributed by atoms with Crippen LogP contribution in [0, 0.1) is 17.8 Å². The molecular formula is C74H141N17. The van der Waals surface area contributed by atoms with E-state index in [-0.39, 0.29) is 14.9 Å². The monoisotopic (exact) mass is 1270 g/mol. The van der Waals surface area contributed by atoms with Crippen LogP contribution >= 0.6 is 0 Å². The summed E-state index contributed by atoms with van der Waals surface area (Å²) in [6.45, 7) is 75.1. The summed E-state index contributed by atoms with van der Waals surface area (Å²) < 4.78 is 0. The van der Waals surface area contributed by atoms with Crippen molar-refractivity contribution in [2.24, 2.45) is 37.7 Å². The van der Waals surface area contributed by atoms with Gasteiger partial charge in [0.05, 0.1) is 12.7 Å². The van der Waals surface area contributed by atoms with Crippen LogP contribution in [0.3, 0.4) is 0 Å². The molecule has 4 aromatic heterocycles. The highest BCUT2D eigenvalue weighted by Crippen LogP contribution is 2.18. The third-order valence-electron chi connectivity index (χ3n) is 10.8. The molecule has 0 saturated carbocycles. The van der Waals surface area contributed by atoms with Gasteiger partial charge in [-0.25, -0.2) is 69.8 Å². The highest BCUT2D eigenvalue weighted by atomic mass is 15.3. The fraction of sp³-hybridized carbons (Fsp3) is 0.622. The number of aliphatic imine (C=N–C) groups is 4. The van der Waals surface area contributed by atoms with Gasteiger partial charge in [0.15, 0.2) is 0 Å². The van der Waals surface area contributed by atoms with Gasteiger partial charge in [-0.3, -0.25) is 0 Å². The SMILES string of the molecule is C.C.C=C1C=C(C(C)C)N=CN1C.C=C1N=C(C(C)C)C=CN1C.C=C1N=C(C(C)C)N=CN1C.CC.CC.CC.CC.CC.CC.CC.CC(C)c1ncncn1.CCc1cc(C(C)C)ncn1.CCc1nccc(C(C)C)n1.CCc1ncnc(C(C)C)n1. The minimum atomic E-state index is 0. The molecule has 0 atom stereocenters. The van der Waals surface area contributed by atoms with E-state index in [0.29, 0.717) is 41.4 Å². The zero-order valence-corrected chi connectivity index (χ0v) is 63.3. The number of allylic oxidation sites excluding steroid dienone is 3. The predicted octanol–water partition coefficient (Wildman–Crippen LogP) is 20.8. The fourth-order valence-corrected chi connectivity index (χ4v) is 5.61. The maximum Gasteiger partial charge on any atom is 0.134 e. The number of rotatable bonds is 10. The summed E-state index contributed by atoms with van der Waals surface area (Å²) in [7, 11) is 5.77. The first-order chi connectivity index (χ1) is 42.3. The average molecular weight is 1270 g/mol. The zero-order valence-electron chi connectivity index (χ0n) is 63.3. The van der Waals surface area contributed by atoms with Crippen LogP contribution in [-0.2, 0) is 19.3 Å². The third-order valence-corrected chi connectivity index (χ3v) is 10.8. The Morgan fingerprint density at radius 1 is 0.429 bits per heavy atom. The summed E-state index contributed by atoms with van der Waals surface area (Å²) in [5.74, 6) is 9.11. The standard InChI is InChI=1S/4C9H14N2.2C8H13N3.C6H9N3.7C2H6.2CH4/c1-7(2)9-5-8(3)11(4)6-10-9;1-7(2)9-5-6-11(4)8(3)10-9;1-4-8-5-9(7(2)3)11-6-10-8;1-4-9-10-6-5-8(11-9)7(2)3;1-6(2)8-9-5-11(4)7(3)10-8;1-4-7-9-5-10-8(11-7)6(2)3;1-5(2)6-8-3-7-4-9-6;7*1-2;;/h2*5-7H,3H2,1-2,4H3;2*5-7H,4H2,1-3H3;5-6H,3H2,1-2,4H3;5-6H,4H2,1-3H3;3-5H,1-2H3;7*1-2H3;2*1H4. The molecule has 0 saturated heterocycles. The highest BCUT2D eigenvalue weighted by Gasteiger charge is 2.11. The Labute approximate surface area is 562 Å². The Bertz CT molecular complexity index is 2280. The van der Waals surface area contributed by atoms with Gasteiger partial charge in [-0.05, 0) is 54.4 Å². The Morgan fingerprint density at radius 2 is 0.890 bits per heavy atom. The van der Waals surface area contributed by atoms with Gasteiger partial charge in [0.25, 0.3) is 0 Å². The summed E-state index contributed by atoms with van der Waals surface area (Å²) in [5, 5.41) is 0. The van der Waals surface area contributed by atoms with Crippen LogP contribution in [-0.4, -0.2) is 110 Å². The van der Waals surface area contributed by atoms with Crippen LogP contribution in [0.2, 0.25) is 0 Å². The van der Waals surface area contributed by atoms with Gasteiger partial charge < -0.3 is 14.7 Å². The lowest BCUT2D eigenvalue weighted by Crippen LogP contribution is -2.21. The van der Waals surface area contributed by atoms with Gasteiger partial charge in [0.1, 0.15) is 66.1 Å². The van der Waals surface area contributed by atoms with E-state index >= 15 is 0 Å². The molecule has 17 nitrogen and oxygen atoms in total. The van der Waals surface area contributed by atoms with Crippen LogP contribution in [0.4, 0.5) is 0 Å². The molecule has 3 aliphatic rings. The smallest absolute Gasteiger partial charge is 0.134 e. The molecule has 7 heterocycles. The van der Waals surface area contributed by atoms with Gasteiger partial charge in [0.2, 0.25) is 0 Å². The number of hydrogen-bond acceptors (Lipinski definition) is 17. The van der Waals surface area contributed by atoms with Crippen molar-refractivity contribution in [2.75, 3.05) is 21.1 Å². The molecule has 0 spiro atoms. The minimum absolute atomic E-state index is 0. The third kappa shape index (κ3) is 50.3. The molecule has 7 rings (SSSR count). The number of aryl methyl sites for hydroxylation is 3. The fourth-order valence-electron chi connectivity index (χ4n) is 5.61. The van der Waals surface area contributed by atoms with E-state index < -0.39 is 0 Å². The van der Waals surface area contributed by atoms with Crippen molar-refractivity contribution < 1.29 is 0 Å². The van der Waals surface area contributed by atoms with Crippen molar-refractivity contribution in [1.29, 1.82) is 0 Å². The van der Waals surface area contributed by atoms with E-state index in [4.69, 9.17) is 0 Å². The number of aromatic nitrogens is 10. The van der Waals surface area contributed by atoms with E-state index in [9.17, 15) is 0 Å². The van der Waals surface area contributed by atoms with Crippen molar-refractivity contribution in [3.8, 4) is 0 Å². The first-order valence-corrected chi connectivity index (χ1v) is 33.2. The molecule has 0 bridgehead atoms. The number of likely N-dealkylation sites (N-methyl/N-ethyl adjacent to an activating group) is 1. The first-order valence-electron chi connectivity index (χ1n) is 33.2. The lowest BCUT2D eigenvalue weighted by Gasteiger charge is -2.19. The molecule has 0 unspecified atom stereocenters. The van der Waals surface area contributed by atoms with E-state index in [1.165, 1.54) is 12.7 Å². The molecular weight excluding hydrogens is 1130 g/mol. The number of nitrogens with zero attached hydrogens (tertiary/aromatic N) is 17. The number of hydrogen-bond donors (Lipinski definition) is 0. The summed E-state index contributed by atoms with van der Waals surface area (Å²) in [5.41, 5.74) is 6.61. The molecule has 0 radical (unpaired) electrons. The summed E-state index contributed by atoms with van der Waals surface area (Å²) >= 11 is 0. The molecule has 17 heteroatoms. The maximum atomic E-state index is 4.38. The van der Waals surface area contributed by atoms with E-state index in [1.54, 1.807) is 30.2 Å². The lowest BCUT2D eigenvalue weighted by atomic mass is 10.1. The zero-order chi connectivity index (χ0) is 70.8. The molecule has 91 heavy (non-hydrogen) atoms. The average Bonchev–Trinajstić information content (AvgIpc) is 2.90. The molecule has 0 N–H and O–H groups in total. The van der Waals surface area contributed by atoms with E-state index in [1.807, 2.05) is 165 Å². The predicted molar refractivity (Wildman–Crippen MR) is 405 cm³/mol. The molecule has 0 amide bonds. The Kier molecular flexibility index (Phi) is 76.1. The largest absolute Gasteiger partial charge is 0.337 e. The molecule has 522 valence electrons. The molecule has 3 aliphatic heterocycles. The van der Waals surface area contributed by atoms with Gasteiger partial charge in [-0.2, -0.15) is 0 Å². The van der Waals surface area contributed by atoms with Crippen molar-refractivity contribution >= 4 is 24.2 Å². The summed E-state index contributed by atoms with van der Waals surface area (Å²) in [6.07, 6.45) is 20.5. The second kappa shape index (κ2) is 67.4. The molecule has 0 aliphatic carbocycles. The summed E-state index contributed by atoms with van der Waals surface area (Å²) in [4.78, 5) is 63.3. The topological polar surface area (TPSA) is 188 Å². The van der Waals surface area contributed by atoms with Crippen molar-refractivity contribution in [3.05, 3.63) is 145 Å². The van der Waals surface area contributed by atoms with Crippen molar-refractivity contribution in [3.63, 3.8) is 0 Å². The van der Waals surface area contributed by atoms with Crippen LogP contribution in [0.25, 0.3) is 0 Å². The second-order valence-electron chi connectivity index (χ2n) is 19.8. The summed E-state index contributed by atoms with van der Waals surface area (Å²) in [6, 6.07) is 4.05. The highest BCUT2D eigenvalue weighted by molar-refractivity contribution is 5.97. The van der Waals surface area contributed by atoms with Crippen molar-refractivity contribution in [1.82, 2.24) is 64.5 Å². The van der Waals surface area contributed by atoms with E-state index in [2.05, 4.69) is 206 Å². The molecule has 0 aromatic carbocycles. The van der Waals surface area contributed by atoms with E-state index in [0.717, 1.165) is 94.2 Å². The lowest BCUT2D eigenvalue weighted by molar-refractivity contribution is 0.557. The molecule has 0 fully saturated rings.